The van der Waals surface area contributed by atoms with Crippen LogP contribution in [0.4, 0.5) is 0 Å². The van der Waals surface area contributed by atoms with Crippen LogP contribution in [-0.2, 0) is 12.8 Å². The highest BCUT2D eigenvalue weighted by molar-refractivity contribution is 6.10. The molecule has 0 spiro atoms. The van der Waals surface area contributed by atoms with Gasteiger partial charge < -0.3 is 4.57 Å². The fraction of sp³-hybridized carbons (Fsp3) is 0.0526. The van der Waals surface area contributed by atoms with Gasteiger partial charge in [0.15, 0.2) is 0 Å². The van der Waals surface area contributed by atoms with E-state index in [1.807, 2.05) is 6.07 Å². The van der Waals surface area contributed by atoms with Gasteiger partial charge in [0.1, 0.15) is 0 Å². The molecule has 58 heavy (non-hydrogen) atoms. The lowest BCUT2D eigenvalue weighted by molar-refractivity contribution is 0.961. The summed E-state index contributed by atoms with van der Waals surface area (Å²) in [5, 5.41) is 2.56. The van der Waals surface area contributed by atoms with E-state index in [1.165, 1.54) is 88.7 Å². The van der Waals surface area contributed by atoms with Crippen LogP contribution in [0.25, 0.3) is 72.0 Å². The minimum Gasteiger partial charge on any atom is -0.309 e. The van der Waals surface area contributed by atoms with Gasteiger partial charge in [-0.05, 0) is 99.7 Å². The molecule has 278 valence electrons. The predicted octanol–water partition coefficient (Wildman–Crippen LogP) is 15.2. The third kappa shape index (κ3) is 8.03. The van der Waals surface area contributed by atoms with Gasteiger partial charge in [-0.3, -0.25) is 0 Å². The number of benzene rings is 9. The molecule has 0 atom stereocenters. The molecule has 0 saturated heterocycles. The molecule has 1 heteroatoms. The van der Waals surface area contributed by atoms with Crippen LogP contribution >= 0.6 is 0 Å². The SMILES string of the molecule is Cc1ccc(-c2ccccc2)cc1.c1ccc(-c2ccc(CCc3ccc(-c4ccc(-c5ccc6c7ccccc7n(-c7ccccc7)c6c5)cc4)cc3)cc2)cc1. The molecule has 10 aromatic rings. The van der Waals surface area contributed by atoms with Gasteiger partial charge in [-0.1, -0.05) is 212 Å². The minimum atomic E-state index is 1.03. The zero-order valence-corrected chi connectivity index (χ0v) is 32.8. The van der Waals surface area contributed by atoms with Gasteiger partial charge in [-0.15, -0.1) is 0 Å². The van der Waals surface area contributed by atoms with E-state index in [0.717, 1.165) is 12.8 Å². The lowest BCUT2D eigenvalue weighted by Crippen LogP contribution is -1.93. The van der Waals surface area contributed by atoms with E-state index in [4.69, 9.17) is 0 Å². The van der Waals surface area contributed by atoms with E-state index in [2.05, 4.69) is 236 Å². The number of nitrogens with zero attached hydrogens (tertiary/aromatic N) is 1. The lowest BCUT2D eigenvalue weighted by Gasteiger charge is -2.10. The molecule has 10 rings (SSSR count). The summed E-state index contributed by atoms with van der Waals surface area (Å²) in [6, 6.07) is 82.8. The van der Waals surface area contributed by atoms with Gasteiger partial charge in [0.05, 0.1) is 11.0 Å². The standard InChI is InChI=1S/C44H33N.C13H12/c1-3-9-34(10-4-1)35-21-17-32(18-22-35)15-16-33-19-23-36(24-20-33)37-25-27-38(28-26-37)39-29-30-42-41-13-7-8-14-43(41)45(44(42)31-39)40-11-5-2-6-12-40;1-11-7-9-13(10-8-11)12-5-3-2-4-6-12/h1-14,17-31H,15-16H2;2-10H,1H3. The van der Waals surface area contributed by atoms with Crippen LogP contribution in [-0.4, -0.2) is 4.57 Å². The number of hydrogen-bond donors (Lipinski definition) is 0. The van der Waals surface area contributed by atoms with Crippen LogP contribution in [0.3, 0.4) is 0 Å². The van der Waals surface area contributed by atoms with E-state index < -0.39 is 0 Å². The predicted molar refractivity (Wildman–Crippen MR) is 248 cm³/mol. The Labute approximate surface area is 342 Å². The number of para-hydroxylation sites is 2. The molecule has 0 aliphatic carbocycles. The number of fused-ring (bicyclic) bond motifs is 3. The summed E-state index contributed by atoms with van der Waals surface area (Å²) in [6.07, 6.45) is 2.07. The first-order valence-corrected chi connectivity index (χ1v) is 20.2. The Morgan fingerprint density at radius 2 is 0.655 bits per heavy atom. The molecule has 0 aliphatic rings. The zero-order chi connectivity index (χ0) is 39.1. The Kier molecular flexibility index (Phi) is 10.6. The smallest absolute Gasteiger partial charge is 0.0547 e. The minimum absolute atomic E-state index is 1.03. The van der Waals surface area contributed by atoms with Crippen molar-refractivity contribution in [3.63, 3.8) is 0 Å². The first-order valence-electron chi connectivity index (χ1n) is 20.2. The van der Waals surface area contributed by atoms with Crippen LogP contribution in [0.5, 0.6) is 0 Å². The molecule has 0 radical (unpaired) electrons. The molecule has 0 bridgehead atoms. The van der Waals surface area contributed by atoms with Crippen molar-refractivity contribution >= 4 is 21.8 Å². The summed E-state index contributed by atoms with van der Waals surface area (Å²) in [4.78, 5) is 0. The third-order valence-electron chi connectivity index (χ3n) is 11.1. The maximum absolute atomic E-state index is 2.38. The highest BCUT2D eigenvalue weighted by Gasteiger charge is 2.13. The maximum atomic E-state index is 2.38. The normalized spacial score (nSPS) is 11.0. The molecule has 0 aliphatic heterocycles. The fourth-order valence-electron chi connectivity index (χ4n) is 7.88. The van der Waals surface area contributed by atoms with Crippen molar-refractivity contribution < 1.29 is 0 Å². The van der Waals surface area contributed by atoms with Crippen molar-refractivity contribution in [2.75, 3.05) is 0 Å². The molecule has 0 N–H and O–H groups in total. The summed E-state index contributed by atoms with van der Waals surface area (Å²) < 4.78 is 2.38. The second-order valence-electron chi connectivity index (χ2n) is 15.0. The lowest BCUT2D eigenvalue weighted by atomic mass is 9.97. The number of aryl methyl sites for hydroxylation is 3. The molecule has 0 unspecified atom stereocenters. The molecular weight excluding hydrogens is 699 g/mol. The van der Waals surface area contributed by atoms with Crippen molar-refractivity contribution in [3.8, 4) is 50.2 Å². The molecule has 9 aromatic carbocycles. The summed E-state index contributed by atoms with van der Waals surface area (Å²) in [7, 11) is 0. The van der Waals surface area contributed by atoms with Gasteiger partial charge in [-0.2, -0.15) is 0 Å². The highest BCUT2D eigenvalue weighted by Crippen LogP contribution is 2.35. The Hall–Kier alpha value is -7.22. The van der Waals surface area contributed by atoms with Gasteiger partial charge in [0.25, 0.3) is 0 Å². The fourth-order valence-corrected chi connectivity index (χ4v) is 7.88. The summed E-state index contributed by atoms with van der Waals surface area (Å²) >= 11 is 0. The van der Waals surface area contributed by atoms with E-state index in [9.17, 15) is 0 Å². The van der Waals surface area contributed by atoms with Crippen LogP contribution in [0, 0.1) is 6.92 Å². The number of rotatable bonds is 8. The second kappa shape index (κ2) is 16.9. The largest absolute Gasteiger partial charge is 0.309 e. The van der Waals surface area contributed by atoms with E-state index >= 15 is 0 Å². The average Bonchev–Trinajstić information content (AvgIpc) is 3.64. The molecule has 0 saturated carbocycles. The van der Waals surface area contributed by atoms with E-state index in [1.54, 1.807) is 0 Å². The Morgan fingerprint density at radius 1 is 0.293 bits per heavy atom. The van der Waals surface area contributed by atoms with Gasteiger partial charge >= 0.3 is 0 Å². The molecular formula is C57H45N. The molecule has 1 heterocycles. The summed E-state index contributed by atoms with van der Waals surface area (Å²) in [5.74, 6) is 0. The number of hydrogen-bond acceptors (Lipinski definition) is 0. The summed E-state index contributed by atoms with van der Waals surface area (Å²) in [5.41, 5.74) is 17.7. The van der Waals surface area contributed by atoms with E-state index in [-0.39, 0.29) is 0 Å². The van der Waals surface area contributed by atoms with Crippen LogP contribution in [0.15, 0.2) is 231 Å². The quantitative estimate of drug-likeness (QED) is 0.146. The molecule has 1 nitrogen and oxygen atoms in total. The Balaban J connectivity index is 0.000000285. The summed E-state index contributed by atoms with van der Waals surface area (Å²) in [6.45, 7) is 2.11. The highest BCUT2D eigenvalue weighted by atomic mass is 15.0. The molecule has 0 fully saturated rings. The van der Waals surface area contributed by atoms with Gasteiger partial charge in [-0.25, -0.2) is 0 Å². The second-order valence-corrected chi connectivity index (χ2v) is 15.0. The van der Waals surface area contributed by atoms with E-state index in [0.29, 0.717) is 0 Å². The van der Waals surface area contributed by atoms with Gasteiger partial charge in [0.2, 0.25) is 0 Å². The van der Waals surface area contributed by atoms with Crippen LogP contribution < -0.4 is 0 Å². The van der Waals surface area contributed by atoms with Crippen molar-refractivity contribution in [3.05, 3.63) is 247 Å². The number of aromatic nitrogens is 1. The zero-order valence-electron chi connectivity index (χ0n) is 32.8. The first-order chi connectivity index (χ1) is 28.7. The van der Waals surface area contributed by atoms with Gasteiger partial charge in [0, 0.05) is 16.5 Å². The Morgan fingerprint density at radius 3 is 1.17 bits per heavy atom. The van der Waals surface area contributed by atoms with Crippen molar-refractivity contribution in [2.24, 2.45) is 0 Å². The third-order valence-corrected chi connectivity index (χ3v) is 11.1. The first kappa shape index (κ1) is 36.4. The van der Waals surface area contributed by atoms with Crippen LogP contribution in [0.1, 0.15) is 16.7 Å². The molecule has 1 aromatic heterocycles. The molecule has 0 amide bonds. The topological polar surface area (TPSA) is 4.93 Å². The monoisotopic (exact) mass is 743 g/mol. The van der Waals surface area contributed by atoms with Crippen molar-refractivity contribution in [1.29, 1.82) is 0 Å². The van der Waals surface area contributed by atoms with Crippen molar-refractivity contribution in [2.45, 2.75) is 19.8 Å². The Bertz CT molecular complexity index is 2870. The average molecular weight is 744 g/mol. The van der Waals surface area contributed by atoms with Crippen molar-refractivity contribution in [1.82, 2.24) is 4.57 Å². The maximum Gasteiger partial charge on any atom is 0.0547 e. The van der Waals surface area contributed by atoms with Crippen LogP contribution in [0.2, 0.25) is 0 Å².